The van der Waals surface area contributed by atoms with Crippen LogP contribution in [0.5, 0.6) is 5.75 Å². The van der Waals surface area contributed by atoms with Crippen molar-refractivity contribution in [1.82, 2.24) is 0 Å². The van der Waals surface area contributed by atoms with Crippen molar-refractivity contribution < 1.29 is 9.84 Å². The van der Waals surface area contributed by atoms with E-state index in [2.05, 4.69) is 13.8 Å². The third-order valence-corrected chi connectivity index (χ3v) is 3.57. The molecule has 0 spiro atoms. The predicted octanol–water partition coefficient (Wildman–Crippen LogP) is 3.03. The molecular weight excluding hydrogens is 224 g/mol. The van der Waals surface area contributed by atoms with E-state index < -0.39 is 5.60 Å². The molecule has 2 aliphatic rings. The van der Waals surface area contributed by atoms with Gasteiger partial charge in [-0.05, 0) is 44.4 Å². The van der Waals surface area contributed by atoms with E-state index in [1.54, 1.807) is 0 Å². The highest BCUT2D eigenvalue weighted by atomic mass is 35.5. The van der Waals surface area contributed by atoms with Crippen LogP contribution >= 0.6 is 11.6 Å². The lowest BCUT2D eigenvalue weighted by atomic mass is 9.98. The van der Waals surface area contributed by atoms with Crippen LogP contribution in [0.25, 0.3) is 0 Å². The topological polar surface area (TPSA) is 29.5 Å². The van der Waals surface area contributed by atoms with Gasteiger partial charge in [-0.3, -0.25) is 0 Å². The fourth-order valence-electron chi connectivity index (χ4n) is 2.41. The molecule has 1 aromatic rings. The molecule has 86 valence electrons. The van der Waals surface area contributed by atoms with Crippen molar-refractivity contribution in [3.63, 3.8) is 0 Å². The van der Waals surface area contributed by atoms with Gasteiger partial charge in [0.25, 0.3) is 0 Å². The number of ether oxygens (including phenoxy) is 1. The lowest BCUT2D eigenvalue weighted by Crippen LogP contribution is -2.25. The van der Waals surface area contributed by atoms with Gasteiger partial charge < -0.3 is 9.84 Å². The molecule has 0 aromatic heterocycles. The fraction of sp³-hybridized carbons (Fsp3) is 0.538. The van der Waals surface area contributed by atoms with Gasteiger partial charge >= 0.3 is 0 Å². The normalized spacial score (nSPS) is 23.8. The van der Waals surface area contributed by atoms with Crippen molar-refractivity contribution in [3.05, 3.63) is 28.3 Å². The number of hydrogen-bond donors (Lipinski definition) is 1. The lowest BCUT2D eigenvalue weighted by molar-refractivity contribution is 0.118. The summed E-state index contributed by atoms with van der Waals surface area (Å²) >= 11 is 6.09. The second-order valence-corrected chi connectivity index (χ2v) is 5.95. The van der Waals surface area contributed by atoms with Crippen LogP contribution in [-0.2, 0) is 12.0 Å². The molecule has 0 amide bonds. The Balaban J connectivity index is 2.14. The third kappa shape index (κ3) is 1.52. The first-order valence-corrected chi connectivity index (χ1v) is 6.02. The predicted molar refractivity (Wildman–Crippen MR) is 63.0 cm³/mol. The Kier molecular flexibility index (Phi) is 1.91. The van der Waals surface area contributed by atoms with E-state index in [4.69, 9.17) is 16.3 Å². The zero-order valence-electron chi connectivity index (χ0n) is 9.51. The molecule has 3 rings (SSSR count). The standard InChI is InChI=1S/C13H15ClO2/c1-12(2)7-8-5-9(14)6-10(11(8)16-12)13(15)3-4-13/h5-6,15H,3-4,7H2,1-2H3. The number of rotatable bonds is 1. The van der Waals surface area contributed by atoms with Gasteiger partial charge in [0, 0.05) is 17.0 Å². The Bertz CT molecular complexity index is 461. The van der Waals surface area contributed by atoms with Gasteiger partial charge in [0.1, 0.15) is 11.4 Å². The Hall–Kier alpha value is -0.730. The van der Waals surface area contributed by atoms with Crippen LogP contribution in [0.1, 0.15) is 37.8 Å². The van der Waals surface area contributed by atoms with Gasteiger partial charge in [-0.15, -0.1) is 0 Å². The van der Waals surface area contributed by atoms with Crippen LogP contribution in [0.2, 0.25) is 5.02 Å². The molecule has 0 atom stereocenters. The molecule has 2 nitrogen and oxygen atoms in total. The van der Waals surface area contributed by atoms with Gasteiger partial charge in [0.15, 0.2) is 0 Å². The van der Waals surface area contributed by atoms with E-state index >= 15 is 0 Å². The maximum absolute atomic E-state index is 10.2. The zero-order valence-corrected chi connectivity index (χ0v) is 10.3. The zero-order chi connectivity index (χ0) is 11.6. The average Bonchev–Trinajstić information content (AvgIpc) is 2.80. The summed E-state index contributed by atoms with van der Waals surface area (Å²) in [5.41, 5.74) is 1.12. The molecule has 0 saturated heterocycles. The molecule has 0 unspecified atom stereocenters. The molecule has 1 saturated carbocycles. The summed E-state index contributed by atoms with van der Waals surface area (Å²) < 4.78 is 5.93. The quantitative estimate of drug-likeness (QED) is 0.815. The number of halogens is 1. The van der Waals surface area contributed by atoms with Gasteiger partial charge in [0.05, 0.1) is 5.60 Å². The van der Waals surface area contributed by atoms with Crippen molar-refractivity contribution in [1.29, 1.82) is 0 Å². The smallest absolute Gasteiger partial charge is 0.129 e. The van der Waals surface area contributed by atoms with E-state index in [-0.39, 0.29) is 5.60 Å². The van der Waals surface area contributed by atoms with Crippen molar-refractivity contribution in [2.24, 2.45) is 0 Å². The Morgan fingerprint density at radius 2 is 2.00 bits per heavy atom. The van der Waals surface area contributed by atoms with Crippen LogP contribution in [0.4, 0.5) is 0 Å². The van der Waals surface area contributed by atoms with Crippen LogP contribution in [0.15, 0.2) is 12.1 Å². The maximum Gasteiger partial charge on any atom is 0.129 e. The molecule has 1 aliphatic heterocycles. The molecule has 1 fully saturated rings. The van der Waals surface area contributed by atoms with Crippen molar-refractivity contribution in [3.8, 4) is 5.75 Å². The molecule has 3 heteroatoms. The second kappa shape index (κ2) is 2.93. The molecule has 1 aromatic carbocycles. The first-order valence-electron chi connectivity index (χ1n) is 5.64. The van der Waals surface area contributed by atoms with E-state index in [9.17, 15) is 5.11 Å². The minimum atomic E-state index is -0.685. The van der Waals surface area contributed by atoms with E-state index in [0.717, 1.165) is 36.1 Å². The summed E-state index contributed by atoms with van der Waals surface area (Å²) in [7, 11) is 0. The molecule has 0 radical (unpaired) electrons. The molecular formula is C13H15ClO2. The number of hydrogen-bond acceptors (Lipinski definition) is 2. The van der Waals surface area contributed by atoms with Gasteiger partial charge in [-0.1, -0.05) is 11.6 Å². The van der Waals surface area contributed by atoms with E-state index in [0.29, 0.717) is 5.02 Å². The van der Waals surface area contributed by atoms with Gasteiger partial charge in [-0.2, -0.15) is 0 Å². The highest BCUT2D eigenvalue weighted by molar-refractivity contribution is 6.30. The van der Waals surface area contributed by atoms with Crippen molar-refractivity contribution in [2.45, 2.75) is 44.3 Å². The van der Waals surface area contributed by atoms with Crippen molar-refractivity contribution in [2.75, 3.05) is 0 Å². The Morgan fingerprint density at radius 1 is 1.31 bits per heavy atom. The molecule has 16 heavy (non-hydrogen) atoms. The van der Waals surface area contributed by atoms with Gasteiger partial charge in [-0.25, -0.2) is 0 Å². The average molecular weight is 239 g/mol. The molecule has 1 N–H and O–H groups in total. The Labute approximate surface area is 100 Å². The minimum Gasteiger partial charge on any atom is -0.487 e. The summed E-state index contributed by atoms with van der Waals surface area (Å²) in [6.45, 7) is 4.11. The second-order valence-electron chi connectivity index (χ2n) is 5.51. The van der Waals surface area contributed by atoms with Crippen LogP contribution in [0.3, 0.4) is 0 Å². The Morgan fingerprint density at radius 3 is 2.62 bits per heavy atom. The summed E-state index contributed by atoms with van der Waals surface area (Å²) in [5, 5.41) is 10.9. The molecule has 0 bridgehead atoms. The fourth-order valence-corrected chi connectivity index (χ4v) is 2.65. The van der Waals surface area contributed by atoms with Crippen LogP contribution < -0.4 is 4.74 Å². The summed E-state index contributed by atoms with van der Waals surface area (Å²) in [5.74, 6) is 0.856. The van der Waals surface area contributed by atoms with Crippen LogP contribution in [0, 0.1) is 0 Å². The third-order valence-electron chi connectivity index (χ3n) is 3.35. The number of aliphatic hydroxyl groups is 1. The van der Waals surface area contributed by atoms with Gasteiger partial charge in [0.2, 0.25) is 0 Å². The van der Waals surface area contributed by atoms with E-state index in [1.165, 1.54) is 0 Å². The monoisotopic (exact) mass is 238 g/mol. The number of fused-ring (bicyclic) bond motifs is 1. The first-order chi connectivity index (χ1) is 7.40. The highest BCUT2D eigenvalue weighted by Gasteiger charge is 2.47. The maximum atomic E-state index is 10.2. The van der Waals surface area contributed by atoms with Crippen LogP contribution in [-0.4, -0.2) is 10.7 Å². The summed E-state index contributed by atoms with van der Waals surface area (Å²) in [4.78, 5) is 0. The number of benzene rings is 1. The van der Waals surface area contributed by atoms with E-state index in [1.807, 2.05) is 12.1 Å². The highest BCUT2D eigenvalue weighted by Crippen LogP contribution is 2.53. The minimum absolute atomic E-state index is 0.187. The molecule has 1 aliphatic carbocycles. The molecule has 1 heterocycles. The van der Waals surface area contributed by atoms with Crippen molar-refractivity contribution >= 4 is 11.6 Å². The summed E-state index contributed by atoms with van der Waals surface area (Å²) in [6.07, 6.45) is 2.47. The largest absolute Gasteiger partial charge is 0.487 e. The lowest BCUT2D eigenvalue weighted by Gasteiger charge is -2.19. The SMILES string of the molecule is CC1(C)Cc2cc(Cl)cc(C3(O)CC3)c2O1. The first kappa shape index (κ1) is 10.4. The summed E-state index contributed by atoms with van der Waals surface area (Å²) in [6, 6.07) is 3.79.